The van der Waals surface area contributed by atoms with Gasteiger partial charge in [-0.3, -0.25) is 9.19 Å². The number of nitrogens with two attached hydrogens (primary N) is 1. The van der Waals surface area contributed by atoms with Crippen molar-refractivity contribution >= 4 is 16.6 Å². The first kappa shape index (κ1) is 14.4. The second-order valence-electron chi connectivity index (χ2n) is 4.85. The summed E-state index contributed by atoms with van der Waals surface area (Å²) in [4.78, 5) is 9.14. The van der Waals surface area contributed by atoms with Gasteiger partial charge in [0.25, 0.3) is 0 Å². The van der Waals surface area contributed by atoms with Crippen molar-refractivity contribution in [3.63, 3.8) is 0 Å². The molecule has 0 saturated heterocycles. The van der Waals surface area contributed by atoms with Crippen molar-refractivity contribution < 1.29 is 4.21 Å². The molecule has 1 aromatic heterocycles. The predicted molar refractivity (Wildman–Crippen MR) is 89.6 cm³/mol. The number of rotatable bonds is 3. The molecule has 0 aliphatic heterocycles. The van der Waals surface area contributed by atoms with Gasteiger partial charge in [-0.05, 0) is 17.2 Å². The van der Waals surface area contributed by atoms with Crippen LogP contribution in [0.5, 0.6) is 0 Å². The van der Waals surface area contributed by atoms with Gasteiger partial charge >= 0.3 is 0 Å². The molecule has 0 fully saturated rings. The molecule has 110 valence electrons. The second kappa shape index (κ2) is 6.07. The second-order valence-corrected chi connectivity index (χ2v) is 6.20. The van der Waals surface area contributed by atoms with Crippen LogP contribution in [0.2, 0.25) is 0 Å². The summed E-state index contributed by atoms with van der Waals surface area (Å²) in [5.74, 6) is 0.403. The standard InChI is InChI=1S/C17H15N3OS/c1-22(21)16-5-3-2-4-14(16)12-6-8-13(9-7-12)15-10-20-17(18)11-19-15/h2-11H,1H3,(H2,18,20). The molecule has 22 heavy (non-hydrogen) atoms. The minimum absolute atomic E-state index is 0.403. The Morgan fingerprint density at radius 2 is 1.59 bits per heavy atom. The fourth-order valence-corrected chi connectivity index (χ4v) is 3.03. The van der Waals surface area contributed by atoms with E-state index in [2.05, 4.69) is 9.97 Å². The van der Waals surface area contributed by atoms with E-state index in [0.717, 1.165) is 27.3 Å². The van der Waals surface area contributed by atoms with Gasteiger partial charge in [0.15, 0.2) is 0 Å². The van der Waals surface area contributed by atoms with Crippen LogP contribution in [0, 0.1) is 0 Å². The van der Waals surface area contributed by atoms with E-state index in [0.29, 0.717) is 5.82 Å². The average molecular weight is 309 g/mol. The minimum Gasteiger partial charge on any atom is -0.382 e. The largest absolute Gasteiger partial charge is 0.382 e. The number of hydrogen-bond acceptors (Lipinski definition) is 4. The molecule has 4 nitrogen and oxygen atoms in total. The van der Waals surface area contributed by atoms with Crippen LogP contribution in [0.25, 0.3) is 22.4 Å². The van der Waals surface area contributed by atoms with Crippen LogP contribution >= 0.6 is 0 Å². The van der Waals surface area contributed by atoms with E-state index in [-0.39, 0.29) is 0 Å². The summed E-state index contributed by atoms with van der Waals surface area (Å²) < 4.78 is 11.8. The molecule has 1 atom stereocenters. The molecule has 5 heteroatoms. The lowest BCUT2D eigenvalue weighted by atomic mass is 10.0. The van der Waals surface area contributed by atoms with Crippen molar-refractivity contribution in [3.05, 3.63) is 60.9 Å². The summed E-state index contributed by atoms with van der Waals surface area (Å²) in [6.45, 7) is 0. The van der Waals surface area contributed by atoms with Gasteiger partial charge in [0.2, 0.25) is 0 Å². The minimum atomic E-state index is -1.02. The zero-order chi connectivity index (χ0) is 15.5. The molecular weight excluding hydrogens is 294 g/mol. The molecule has 0 aliphatic carbocycles. The third-order valence-electron chi connectivity index (χ3n) is 3.36. The Bertz CT molecular complexity index is 814. The third-order valence-corrected chi connectivity index (χ3v) is 4.34. The van der Waals surface area contributed by atoms with E-state index in [4.69, 9.17) is 5.73 Å². The molecule has 3 rings (SSSR count). The van der Waals surface area contributed by atoms with Gasteiger partial charge in [0.05, 0.1) is 28.9 Å². The van der Waals surface area contributed by atoms with Crippen LogP contribution in [-0.4, -0.2) is 20.4 Å². The molecule has 3 aromatic rings. The molecule has 2 aromatic carbocycles. The van der Waals surface area contributed by atoms with Crippen LogP contribution in [-0.2, 0) is 10.8 Å². The highest BCUT2D eigenvalue weighted by Gasteiger charge is 2.08. The number of aromatic nitrogens is 2. The number of nitrogen functional groups attached to an aromatic ring is 1. The van der Waals surface area contributed by atoms with Crippen molar-refractivity contribution in [2.45, 2.75) is 4.90 Å². The van der Waals surface area contributed by atoms with Gasteiger partial charge in [-0.2, -0.15) is 0 Å². The first-order valence-electron chi connectivity index (χ1n) is 6.76. The lowest BCUT2D eigenvalue weighted by Crippen LogP contribution is -1.93. The van der Waals surface area contributed by atoms with Crippen molar-refractivity contribution in [1.29, 1.82) is 0 Å². The average Bonchev–Trinajstić information content (AvgIpc) is 2.56. The van der Waals surface area contributed by atoms with Crippen molar-refractivity contribution in [2.24, 2.45) is 0 Å². The van der Waals surface area contributed by atoms with Crippen LogP contribution in [0.3, 0.4) is 0 Å². The predicted octanol–water partition coefficient (Wildman–Crippen LogP) is 3.13. The van der Waals surface area contributed by atoms with Gasteiger partial charge in [-0.25, -0.2) is 4.98 Å². The van der Waals surface area contributed by atoms with E-state index in [1.54, 1.807) is 18.6 Å². The van der Waals surface area contributed by atoms with Gasteiger partial charge in [-0.1, -0.05) is 42.5 Å². The Hall–Kier alpha value is -2.53. The summed E-state index contributed by atoms with van der Waals surface area (Å²) >= 11 is 0. The lowest BCUT2D eigenvalue weighted by molar-refractivity contribution is 0.687. The topological polar surface area (TPSA) is 68.9 Å². The molecule has 0 radical (unpaired) electrons. The SMILES string of the molecule is CS(=O)c1ccccc1-c1ccc(-c2cnc(N)cn2)cc1. The summed E-state index contributed by atoms with van der Waals surface area (Å²) in [7, 11) is -1.02. The Balaban J connectivity index is 1.98. The number of anilines is 1. The van der Waals surface area contributed by atoms with Crippen molar-refractivity contribution in [3.8, 4) is 22.4 Å². The molecule has 2 N–H and O–H groups in total. The molecule has 1 unspecified atom stereocenters. The zero-order valence-electron chi connectivity index (χ0n) is 12.1. The summed E-state index contributed by atoms with van der Waals surface area (Å²) in [6, 6.07) is 15.7. The Labute approximate surface area is 131 Å². The molecular formula is C17H15N3OS. The Morgan fingerprint density at radius 1 is 0.909 bits per heavy atom. The fraction of sp³-hybridized carbons (Fsp3) is 0.0588. The van der Waals surface area contributed by atoms with E-state index in [1.165, 1.54) is 0 Å². The van der Waals surface area contributed by atoms with Crippen molar-refractivity contribution in [2.75, 3.05) is 12.0 Å². The molecule has 0 spiro atoms. The van der Waals surface area contributed by atoms with Crippen LogP contribution < -0.4 is 5.73 Å². The van der Waals surface area contributed by atoms with Crippen molar-refractivity contribution in [1.82, 2.24) is 9.97 Å². The van der Waals surface area contributed by atoms with Gasteiger partial charge in [0.1, 0.15) is 5.82 Å². The van der Waals surface area contributed by atoms with Crippen LogP contribution in [0.4, 0.5) is 5.82 Å². The monoisotopic (exact) mass is 309 g/mol. The zero-order valence-corrected chi connectivity index (χ0v) is 12.9. The van der Waals surface area contributed by atoms with Crippen LogP contribution in [0.1, 0.15) is 0 Å². The van der Waals surface area contributed by atoms with Gasteiger partial charge < -0.3 is 5.73 Å². The molecule has 0 amide bonds. The first-order valence-corrected chi connectivity index (χ1v) is 8.32. The third kappa shape index (κ3) is 2.89. The maximum Gasteiger partial charge on any atom is 0.141 e. The molecule has 0 bridgehead atoms. The Kier molecular flexibility index (Phi) is 3.98. The van der Waals surface area contributed by atoms with Gasteiger partial charge in [-0.15, -0.1) is 0 Å². The van der Waals surface area contributed by atoms with Crippen LogP contribution in [0.15, 0.2) is 65.8 Å². The summed E-state index contributed by atoms with van der Waals surface area (Å²) in [6.07, 6.45) is 4.88. The van der Waals surface area contributed by atoms with E-state index in [1.807, 2.05) is 48.5 Å². The molecule has 1 heterocycles. The van der Waals surface area contributed by atoms with E-state index >= 15 is 0 Å². The highest BCUT2D eigenvalue weighted by molar-refractivity contribution is 7.84. The van der Waals surface area contributed by atoms with E-state index < -0.39 is 10.8 Å². The molecule has 0 saturated carbocycles. The maximum absolute atomic E-state index is 11.8. The highest BCUT2D eigenvalue weighted by atomic mass is 32.2. The lowest BCUT2D eigenvalue weighted by Gasteiger charge is -2.08. The summed E-state index contributed by atoms with van der Waals surface area (Å²) in [5.41, 5.74) is 9.29. The maximum atomic E-state index is 11.8. The van der Waals surface area contributed by atoms with E-state index in [9.17, 15) is 4.21 Å². The highest BCUT2D eigenvalue weighted by Crippen LogP contribution is 2.27. The summed E-state index contributed by atoms with van der Waals surface area (Å²) in [5, 5.41) is 0. The first-order chi connectivity index (χ1) is 10.6. The smallest absolute Gasteiger partial charge is 0.141 e. The number of hydrogen-bond donors (Lipinski definition) is 1. The normalized spacial score (nSPS) is 12.0. The molecule has 0 aliphatic rings. The fourth-order valence-electron chi connectivity index (χ4n) is 2.26. The number of nitrogens with zero attached hydrogens (tertiary/aromatic N) is 2. The Morgan fingerprint density at radius 3 is 2.23 bits per heavy atom. The quantitative estimate of drug-likeness (QED) is 0.807. The van der Waals surface area contributed by atoms with Gasteiger partial charge in [0, 0.05) is 16.7 Å². The number of benzene rings is 2.